The van der Waals surface area contributed by atoms with Crippen LogP contribution in [0.5, 0.6) is 0 Å². The predicted octanol–water partition coefficient (Wildman–Crippen LogP) is 2.65. The second-order valence-corrected chi connectivity index (χ2v) is 4.06. The number of rotatable bonds is 3. The highest BCUT2D eigenvalue weighted by Crippen LogP contribution is 2.24. The van der Waals surface area contributed by atoms with Crippen molar-refractivity contribution in [3.63, 3.8) is 0 Å². The van der Waals surface area contributed by atoms with Gasteiger partial charge in [-0.2, -0.15) is 0 Å². The first-order valence-electron chi connectivity index (χ1n) is 5.57. The number of aliphatic hydroxyl groups excluding tert-OH is 1. The van der Waals surface area contributed by atoms with E-state index in [1.54, 1.807) is 6.20 Å². The number of hydrogen-bond donors (Lipinski definition) is 1. The molecule has 1 N–H and O–H groups in total. The van der Waals surface area contributed by atoms with Gasteiger partial charge in [0.15, 0.2) is 0 Å². The van der Waals surface area contributed by atoms with E-state index in [9.17, 15) is 0 Å². The Labute approximate surface area is 101 Å². The first-order valence-corrected chi connectivity index (χ1v) is 5.57. The van der Waals surface area contributed by atoms with Crippen molar-refractivity contribution in [3.8, 4) is 0 Å². The van der Waals surface area contributed by atoms with E-state index in [-0.39, 0.29) is 6.61 Å². The van der Waals surface area contributed by atoms with E-state index in [2.05, 4.69) is 35.0 Å². The summed E-state index contributed by atoms with van der Waals surface area (Å²) in [7, 11) is 2.01. The predicted molar refractivity (Wildman–Crippen MR) is 69.4 cm³/mol. The van der Waals surface area contributed by atoms with E-state index < -0.39 is 0 Å². The molecule has 0 spiro atoms. The third kappa shape index (κ3) is 2.63. The van der Waals surface area contributed by atoms with Crippen molar-refractivity contribution >= 4 is 11.4 Å². The van der Waals surface area contributed by atoms with Gasteiger partial charge in [0.1, 0.15) is 0 Å². The average Bonchev–Trinajstić information content (AvgIpc) is 2.38. The molecule has 17 heavy (non-hydrogen) atoms. The quantitative estimate of drug-likeness (QED) is 0.877. The first-order chi connectivity index (χ1) is 8.20. The molecule has 1 heterocycles. The third-order valence-corrected chi connectivity index (χ3v) is 2.74. The number of aliphatic hydroxyl groups is 1. The lowest BCUT2D eigenvalue weighted by Gasteiger charge is -2.20. The van der Waals surface area contributed by atoms with Crippen LogP contribution in [0.2, 0.25) is 0 Å². The molecule has 88 valence electrons. The lowest BCUT2D eigenvalue weighted by Crippen LogP contribution is -2.10. The summed E-state index contributed by atoms with van der Waals surface area (Å²) in [5, 5.41) is 9.08. The van der Waals surface area contributed by atoms with Gasteiger partial charge in [-0.15, -0.1) is 0 Å². The summed E-state index contributed by atoms with van der Waals surface area (Å²) in [5.41, 5.74) is 4.06. The van der Waals surface area contributed by atoms with Gasteiger partial charge in [0.25, 0.3) is 0 Å². The van der Waals surface area contributed by atoms with Crippen LogP contribution in [-0.2, 0) is 6.61 Å². The number of aryl methyl sites for hydroxylation is 1. The van der Waals surface area contributed by atoms with E-state index in [4.69, 9.17) is 5.11 Å². The third-order valence-electron chi connectivity index (χ3n) is 2.74. The van der Waals surface area contributed by atoms with Crippen molar-refractivity contribution in [1.82, 2.24) is 4.98 Å². The molecular formula is C14H16N2O. The van der Waals surface area contributed by atoms with E-state index in [0.29, 0.717) is 5.69 Å². The summed E-state index contributed by atoms with van der Waals surface area (Å²) in [6.45, 7) is 2.04. The van der Waals surface area contributed by atoms with Gasteiger partial charge in [-0.3, -0.25) is 4.98 Å². The molecule has 0 radical (unpaired) electrons. The zero-order valence-electron chi connectivity index (χ0n) is 10.1. The zero-order chi connectivity index (χ0) is 12.3. The van der Waals surface area contributed by atoms with Gasteiger partial charge < -0.3 is 10.0 Å². The van der Waals surface area contributed by atoms with Crippen LogP contribution < -0.4 is 4.90 Å². The maximum Gasteiger partial charge on any atom is 0.0853 e. The Kier molecular flexibility index (Phi) is 3.40. The Balaban J connectivity index is 2.33. The minimum atomic E-state index is -0.0322. The Morgan fingerprint density at radius 1 is 1.18 bits per heavy atom. The molecule has 0 unspecified atom stereocenters. The number of hydrogen-bond acceptors (Lipinski definition) is 3. The number of benzene rings is 1. The lowest BCUT2D eigenvalue weighted by molar-refractivity contribution is 0.277. The highest BCUT2D eigenvalue weighted by Gasteiger charge is 2.04. The fourth-order valence-electron chi connectivity index (χ4n) is 1.75. The molecule has 0 aliphatic carbocycles. The van der Waals surface area contributed by atoms with Crippen molar-refractivity contribution in [2.24, 2.45) is 0 Å². The fraction of sp³-hybridized carbons (Fsp3) is 0.214. The van der Waals surface area contributed by atoms with Crippen LogP contribution in [0.4, 0.5) is 11.4 Å². The van der Waals surface area contributed by atoms with Crippen molar-refractivity contribution in [2.75, 3.05) is 11.9 Å². The minimum Gasteiger partial charge on any atom is -0.390 e. The molecule has 0 fully saturated rings. The summed E-state index contributed by atoms with van der Waals surface area (Å²) in [6.07, 6.45) is 1.72. The summed E-state index contributed by atoms with van der Waals surface area (Å²) < 4.78 is 0. The van der Waals surface area contributed by atoms with Crippen molar-refractivity contribution < 1.29 is 5.11 Å². The maximum atomic E-state index is 9.08. The molecule has 0 bridgehead atoms. The molecule has 0 saturated carbocycles. The number of anilines is 2. The second-order valence-electron chi connectivity index (χ2n) is 4.06. The Bertz CT molecular complexity index is 511. The summed E-state index contributed by atoms with van der Waals surface area (Å²) >= 11 is 0. The monoisotopic (exact) mass is 228 g/mol. The molecule has 2 rings (SSSR count). The van der Waals surface area contributed by atoms with E-state index in [0.717, 1.165) is 11.4 Å². The standard InChI is InChI=1S/C14H16N2O/c1-11-4-3-5-13(8-11)16(2)14-6-7-15-12(9-14)10-17/h3-9,17H,10H2,1-2H3. The molecule has 1 aromatic carbocycles. The van der Waals surface area contributed by atoms with Gasteiger partial charge in [-0.05, 0) is 36.8 Å². The largest absolute Gasteiger partial charge is 0.390 e. The molecule has 0 aliphatic rings. The van der Waals surface area contributed by atoms with Crippen molar-refractivity contribution in [3.05, 3.63) is 53.9 Å². The topological polar surface area (TPSA) is 36.4 Å². The average molecular weight is 228 g/mol. The molecule has 0 amide bonds. The zero-order valence-corrected chi connectivity index (χ0v) is 10.1. The Hall–Kier alpha value is -1.87. The van der Waals surface area contributed by atoms with Gasteiger partial charge in [-0.25, -0.2) is 0 Å². The highest BCUT2D eigenvalue weighted by molar-refractivity contribution is 5.62. The molecule has 1 aromatic heterocycles. The summed E-state index contributed by atoms with van der Waals surface area (Å²) in [4.78, 5) is 6.15. The number of aromatic nitrogens is 1. The van der Waals surface area contributed by atoms with E-state index >= 15 is 0 Å². The van der Waals surface area contributed by atoms with Crippen LogP contribution in [0.15, 0.2) is 42.6 Å². The van der Waals surface area contributed by atoms with Gasteiger partial charge in [0.05, 0.1) is 12.3 Å². The smallest absolute Gasteiger partial charge is 0.0853 e. The normalized spacial score (nSPS) is 10.3. The molecule has 0 saturated heterocycles. The molecule has 0 atom stereocenters. The SMILES string of the molecule is Cc1cccc(N(C)c2ccnc(CO)c2)c1. The molecule has 2 aromatic rings. The van der Waals surface area contributed by atoms with Gasteiger partial charge >= 0.3 is 0 Å². The summed E-state index contributed by atoms with van der Waals surface area (Å²) in [5.74, 6) is 0. The Morgan fingerprint density at radius 2 is 1.94 bits per heavy atom. The Morgan fingerprint density at radius 3 is 2.65 bits per heavy atom. The van der Waals surface area contributed by atoms with Crippen molar-refractivity contribution in [1.29, 1.82) is 0 Å². The number of pyridine rings is 1. The van der Waals surface area contributed by atoms with Crippen molar-refractivity contribution in [2.45, 2.75) is 13.5 Å². The van der Waals surface area contributed by atoms with Gasteiger partial charge in [0, 0.05) is 24.6 Å². The molecule has 0 aliphatic heterocycles. The van der Waals surface area contributed by atoms with Gasteiger partial charge in [0.2, 0.25) is 0 Å². The van der Waals surface area contributed by atoms with Crippen LogP contribution in [0, 0.1) is 6.92 Å². The molecule has 3 heteroatoms. The lowest BCUT2D eigenvalue weighted by atomic mass is 10.2. The van der Waals surface area contributed by atoms with Crippen LogP contribution in [-0.4, -0.2) is 17.1 Å². The van der Waals surface area contributed by atoms with Crippen LogP contribution in [0.1, 0.15) is 11.3 Å². The minimum absolute atomic E-state index is 0.0322. The summed E-state index contributed by atoms with van der Waals surface area (Å²) in [6, 6.07) is 12.1. The number of nitrogens with zero attached hydrogens (tertiary/aromatic N) is 2. The van der Waals surface area contributed by atoms with E-state index in [1.807, 2.05) is 25.2 Å². The maximum absolute atomic E-state index is 9.08. The fourth-order valence-corrected chi connectivity index (χ4v) is 1.75. The van der Waals surface area contributed by atoms with Crippen LogP contribution >= 0.6 is 0 Å². The highest BCUT2D eigenvalue weighted by atomic mass is 16.3. The molecule has 3 nitrogen and oxygen atoms in total. The van der Waals surface area contributed by atoms with Crippen LogP contribution in [0.25, 0.3) is 0 Å². The van der Waals surface area contributed by atoms with Crippen LogP contribution in [0.3, 0.4) is 0 Å². The molecular weight excluding hydrogens is 212 g/mol. The second kappa shape index (κ2) is 4.97. The first kappa shape index (κ1) is 11.6. The van der Waals surface area contributed by atoms with E-state index in [1.165, 1.54) is 5.56 Å². The van der Waals surface area contributed by atoms with Gasteiger partial charge in [-0.1, -0.05) is 12.1 Å².